The van der Waals surface area contributed by atoms with E-state index in [1.54, 1.807) is 44.6 Å². The maximum Gasteiger partial charge on any atom is 0.198 e. The normalized spacial score (nSPS) is 10.2. The summed E-state index contributed by atoms with van der Waals surface area (Å²) >= 11 is 0. The maximum absolute atomic E-state index is 12.6. The Hall–Kier alpha value is -2.49. The van der Waals surface area contributed by atoms with E-state index in [1.165, 1.54) is 0 Å². The topological polar surface area (TPSA) is 61.5 Å². The van der Waals surface area contributed by atoms with E-state index in [0.717, 1.165) is 5.56 Å². The number of benzene rings is 2. The van der Waals surface area contributed by atoms with Gasteiger partial charge < -0.3 is 15.2 Å². The van der Waals surface area contributed by atoms with Crippen LogP contribution >= 0.6 is 0 Å². The average Bonchev–Trinajstić information content (AvgIpc) is 2.46. The first-order chi connectivity index (χ1) is 9.56. The van der Waals surface area contributed by atoms with Crippen LogP contribution in [0.5, 0.6) is 11.5 Å². The number of nitrogens with two attached hydrogens (primary N) is 1. The van der Waals surface area contributed by atoms with Crippen LogP contribution in [0.4, 0.5) is 5.69 Å². The van der Waals surface area contributed by atoms with E-state index in [-0.39, 0.29) is 5.78 Å². The van der Waals surface area contributed by atoms with E-state index in [2.05, 4.69) is 0 Å². The van der Waals surface area contributed by atoms with Crippen molar-refractivity contribution >= 4 is 11.5 Å². The van der Waals surface area contributed by atoms with Crippen LogP contribution in [-0.4, -0.2) is 20.0 Å². The van der Waals surface area contributed by atoms with Crippen molar-refractivity contribution in [2.75, 3.05) is 20.0 Å². The molecule has 0 unspecified atom stereocenters. The zero-order chi connectivity index (χ0) is 14.7. The Morgan fingerprint density at radius 1 is 1.00 bits per heavy atom. The van der Waals surface area contributed by atoms with Crippen LogP contribution in [0.25, 0.3) is 0 Å². The van der Waals surface area contributed by atoms with Gasteiger partial charge in [-0.3, -0.25) is 4.79 Å². The summed E-state index contributed by atoms with van der Waals surface area (Å²) in [5.41, 5.74) is 8.24. The highest BCUT2D eigenvalue weighted by Gasteiger charge is 2.17. The number of hydrogen-bond donors (Lipinski definition) is 1. The molecule has 104 valence electrons. The minimum atomic E-state index is -0.161. The number of anilines is 1. The predicted octanol–water partition coefficient (Wildman–Crippen LogP) is 2.83. The van der Waals surface area contributed by atoms with Gasteiger partial charge >= 0.3 is 0 Å². The summed E-state index contributed by atoms with van der Waals surface area (Å²) in [5, 5.41) is 0. The summed E-state index contributed by atoms with van der Waals surface area (Å²) in [6.45, 7) is 1.92. The van der Waals surface area contributed by atoms with Gasteiger partial charge in [0.25, 0.3) is 0 Å². The smallest absolute Gasteiger partial charge is 0.198 e. The number of methoxy groups -OCH3 is 2. The average molecular weight is 271 g/mol. The molecule has 20 heavy (non-hydrogen) atoms. The fraction of sp³-hybridized carbons (Fsp3) is 0.188. The largest absolute Gasteiger partial charge is 0.497 e. The minimum Gasteiger partial charge on any atom is -0.497 e. The molecule has 0 aromatic heterocycles. The van der Waals surface area contributed by atoms with E-state index < -0.39 is 0 Å². The number of rotatable bonds is 4. The van der Waals surface area contributed by atoms with Gasteiger partial charge in [-0.25, -0.2) is 0 Å². The number of aryl methyl sites for hydroxylation is 1. The second-order valence-corrected chi connectivity index (χ2v) is 4.49. The minimum absolute atomic E-state index is 0.161. The Labute approximate surface area is 118 Å². The van der Waals surface area contributed by atoms with E-state index in [0.29, 0.717) is 28.3 Å². The van der Waals surface area contributed by atoms with Crippen LogP contribution in [0, 0.1) is 6.92 Å². The molecular weight excluding hydrogens is 254 g/mol. The van der Waals surface area contributed by atoms with Crippen molar-refractivity contribution in [1.29, 1.82) is 0 Å². The molecule has 0 fully saturated rings. The van der Waals surface area contributed by atoms with Crippen LogP contribution < -0.4 is 15.2 Å². The molecule has 2 rings (SSSR count). The van der Waals surface area contributed by atoms with Gasteiger partial charge in [0.1, 0.15) is 11.5 Å². The number of ether oxygens (including phenoxy) is 2. The molecule has 0 saturated heterocycles. The van der Waals surface area contributed by atoms with Crippen LogP contribution in [0.2, 0.25) is 0 Å². The molecule has 0 aliphatic rings. The van der Waals surface area contributed by atoms with Gasteiger partial charge in [0.15, 0.2) is 5.78 Å². The molecule has 0 radical (unpaired) electrons. The summed E-state index contributed by atoms with van der Waals surface area (Å²) in [4.78, 5) is 12.6. The first kappa shape index (κ1) is 13.9. The van der Waals surface area contributed by atoms with Crippen molar-refractivity contribution in [2.45, 2.75) is 6.92 Å². The van der Waals surface area contributed by atoms with Gasteiger partial charge in [0.2, 0.25) is 0 Å². The highest BCUT2D eigenvalue weighted by atomic mass is 16.5. The van der Waals surface area contributed by atoms with E-state index in [1.807, 2.05) is 13.0 Å². The highest BCUT2D eigenvalue weighted by Crippen LogP contribution is 2.27. The van der Waals surface area contributed by atoms with Crippen molar-refractivity contribution in [3.63, 3.8) is 0 Å². The van der Waals surface area contributed by atoms with Crippen LogP contribution in [0.3, 0.4) is 0 Å². The summed E-state index contributed by atoms with van der Waals surface area (Å²) in [6, 6.07) is 10.5. The van der Waals surface area contributed by atoms with Crippen LogP contribution in [-0.2, 0) is 0 Å². The van der Waals surface area contributed by atoms with Gasteiger partial charge in [-0.05, 0) is 31.2 Å². The zero-order valence-electron chi connectivity index (χ0n) is 11.8. The maximum atomic E-state index is 12.6. The third-order valence-corrected chi connectivity index (χ3v) is 3.10. The highest BCUT2D eigenvalue weighted by molar-refractivity contribution is 6.13. The number of carbonyl (C=O) groups is 1. The van der Waals surface area contributed by atoms with Gasteiger partial charge in [-0.15, -0.1) is 0 Å². The third-order valence-electron chi connectivity index (χ3n) is 3.10. The summed E-state index contributed by atoms with van der Waals surface area (Å²) < 4.78 is 10.3. The van der Waals surface area contributed by atoms with Crippen molar-refractivity contribution < 1.29 is 14.3 Å². The first-order valence-electron chi connectivity index (χ1n) is 6.19. The Kier molecular flexibility index (Phi) is 3.94. The molecule has 0 aliphatic heterocycles. The molecule has 4 nitrogen and oxygen atoms in total. The number of carbonyl (C=O) groups excluding carboxylic acids is 1. The molecule has 0 bridgehead atoms. The Morgan fingerprint density at radius 2 is 1.75 bits per heavy atom. The second-order valence-electron chi connectivity index (χ2n) is 4.49. The molecule has 0 spiro atoms. The molecular formula is C16H17NO3. The molecule has 2 aromatic rings. The zero-order valence-corrected chi connectivity index (χ0v) is 11.8. The number of hydrogen-bond acceptors (Lipinski definition) is 4. The number of nitrogen functional groups attached to an aromatic ring is 1. The molecule has 0 atom stereocenters. The lowest BCUT2D eigenvalue weighted by atomic mass is 9.99. The lowest BCUT2D eigenvalue weighted by molar-refractivity contribution is 0.103. The summed E-state index contributed by atoms with van der Waals surface area (Å²) in [6.07, 6.45) is 0. The fourth-order valence-electron chi connectivity index (χ4n) is 2.02. The van der Waals surface area contributed by atoms with Crippen molar-refractivity contribution in [3.05, 3.63) is 53.1 Å². The lowest BCUT2D eigenvalue weighted by Crippen LogP contribution is -2.07. The van der Waals surface area contributed by atoms with E-state index in [9.17, 15) is 4.79 Å². The second kappa shape index (κ2) is 5.65. The predicted molar refractivity (Wildman–Crippen MR) is 78.6 cm³/mol. The van der Waals surface area contributed by atoms with Crippen LogP contribution in [0.15, 0.2) is 36.4 Å². The van der Waals surface area contributed by atoms with Crippen LogP contribution in [0.1, 0.15) is 21.5 Å². The molecule has 4 heteroatoms. The standard InChI is InChI=1S/C16H17NO3/c1-10-4-7-15(20-3)13(8-10)16(18)12-6-5-11(19-2)9-14(12)17/h4-9H,17H2,1-3H3. The Morgan fingerprint density at radius 3 is 2.35 bits per heavy atom. The van der Waals surface area contributed by atoms with E-state index >= 15 is 0 Å². The SMILES string of the molecule is COc1ccc(C(=O)c2cc(C)ccc2OC)c(N)c1. The van der Waals surface area contributed by atoms with Crippen molar-refractivity contribution in [3.8, 4) is 11.5 Å². The fourth-order valence-corrected chi connectivity index (χ4v) is 2.02. The first-order valence-corrected chi connectivity index (χ1v) is 6.19. The molecule has 2 aromatic carbocycles. The van der Waals surface area contributed by atoms with Gasteiger partial charge in [0.05, 0.1) is 19.8 Å². The van der Waals surface area contributed by atoms with Crippen molar-refractivity contribution in [1.82, 2.24) is 0 Å². The Bertz CT molecular complexity index is 650. The summed E-state index contributed by atoms with van der Waals surface area (Å²) in [7, 11) is 3.10. The van der Waals surface area contributed by atoms with Gasteiger partial charge in [0, 0.05) is 17.3 Å². The third kappa shape index (κ3) is 2.59. The monoisotopic (exact) mass is 271 g/mol. The molecule has 0 aliphatic carbocycles. The quantitative estimate of drug-likeness (QED) is 0.686. The van der Waals surface area contributed by atoms with Crippen molar-refractivity contribution in [2.24, 2.45) is 0 Å². The number of ketones is 1. The summed E-state index contributed by atoms with van der Waals surface area (Å²) in [5.74, 6) is 0.997. The molecule has 2 N–H and O–H groups in total. The van der Waals surface area contributed by atoms with Gasteiger partial charge in [-0.1, -0.05) is 11.6 Å². The molecule has 0 saturated carbocycles. The van der Waals surface area contributed by atoms with E-state index in [4.69, 9.17) is 15.2 Å². The molecule has 0 amide bonds. The molecule has 0 heterocycles. The lowest BCUT2D eigenvalue weighted by Gasteiger charge is -2.11. The Balaban J connectivity index is 2.48. The van der Waals surface area contributed by atoms with Gasteiger partial charge in [-0.2, -0.15) is 0 Å².